The summed E-state index contributed by atoms with van der Waals surface area (Å²) < 4.78 is 5.82. The molecule has 1 fully saturated rings. The minimum absolute atomic E-state index is 0.290. The van der Waals surface area contributed by atoms with Crippen LogP contribution in [0.5, 0.6) is 0 Å². The fraction of sp³-hybridized carbons (Fsp3) is 1.00. The predicted molar refractivity (Wildman–Crippen MR) is 55.6 cm³/mol. The second-order valence-electron chi connectivity index (χ2n) is 4.33. The Morgan fingerprint density at radius 3 is 2.69 bits per heavy atom. The molecule has 2 heteroatoms. The maximum absolute atomic E-state index is 5.98. The quantitative estimate of drug-likeness (QED) is 0.729. The van der Waals surface area contributed by atoms with Gasteiger partial charge in [-0.2, -0.15) is 0 Å². The lowest BCUT2D eigenvalue weighted by molar-refractivity contribution is -0.00154. The summed E-state index contributed by atoms with van der Waals surface area (Å²) in [4.78, 5) is 0. The first-order valence-electron chi connectivity index (χ1n) is 5.61. The Labute approximate surface area is 81.8 Å². The van der Waals surface area contributed by atoms with E-state index in [0.717, 1.165) is 19.4 Å². The van der Waals surface area contributed by atoms with Crippen molar-refractivity contribution in [3.8, 4) is 0 Å². The molecule has 13 heavy (non-hydrogen) atoms. The molecule has 0 saturated heterocycles. The molecule has 3 atom stereocenters. The molecule has 0 aromatic carbocycles. The van der Waals surface area contributed by atoms with E-state index >= 15 is 0 Å². The van der Waals surface area contributed by atoms with Crippen LogP contribution in [0.15, 0.2) is 0 Å². The number of hydrogen-bond donors (Lipinski definition) is 1. The van der Waals surface area contributed by atoms with E-state index in [2.05, 4.69) is 13.8 Å². The highest BCUT2D eigenvalue weighted by Crippen LogP contribution is 2.20. The van der Waals surface area contributed by atoms with Crippen molar-refractivity contribution in [1.29, 1.82) is 0 Å². The average molecular weight is 185 g/mol. The third-order valence-corrected chi connectivity index (χ3v) is 3.05. The summed E-state index contributed by atoms with van der Waals surface area (Å²) in [5, 5.41) is 0. The van der Waals surface area contributed by atoms with Crippen molar-refractivity contribution in [3.05, 3.63) is 0 Å². The van der Waals surface area contributed by atoms with Gasteiger partial charge in [0, 0.05) is 12.6 Å². The van der Waals surface area contributed by atoms with Gasteiger partial charge in [-0.25, -0.2) is 0 Å². The van der Waals surface area contributed by atoms with Crippen LogP contribution < -0.4 is 5.73 Å². The van der Waals surface area contributed by atoms with Gasteiger partial charge in [-0.15, -0.1) is 0 Å². The van der Waals surface area contributed by atoms with Crippen molar-refractivity contribution in [2.45, 2.75) is 58.1 Å². The Balaban J connectivity index is 2.18. The van der Waals surface area contributed by atoms with Crippen LogP contribution in [-0.2, 0) is 4.74 Å². The van der Waals surface area contributed by atoms with Gasteiger partial charge in [0.1, 0.15) is 0 Å². The highest BCUT2D eigenvalue weighted by Gasteiger charge is 2.22. The molecular weight excluding hydrogens is 162 g/mol. The maximum Gasteiger partial charge on any atom is 0.0726 e. The number of ether oxygens (including phenoxy) is 1. The van der Waals surface area contributed by atoms with Gasteiger partial charge >= 0.3 is 0 Å². The largest absolute Gasteiger partial charge is 0.376 e. The second-order valence-corrected chi connectivity index (χ2v) is 4.33. The Hall–Kier alpha value is -0.0800. The molecule has 0 bridgehead atoms. The summed E-state index contributed by atoms with van der Waals surface area (Å²) in [6.07, 6.45) is 6.41. The summed E-state index contributed by atoms with van der Waals surface area (Å²) in [5.74, 6) is 0.675. The molecular formula is C11H23NO. The number of rotatable bonds is 4. The molecule has 0 spiro atoms. The van der Waals surface area contributed by atoms with Gasteiger partial charge < -0.3 is 10.5 Å². The summed E-state index contributed by atoms with van der Waals surface area (Å²) in [7, 11) is 0. The van der Waals surface area contributed by atoms with Gasteiger partial charge in [-0.05, 0) is 18.8 Å². The van der Waals surface area contributed by atoms with Gasteiger partial charge in [0.25, 0.3) is 0 Å². The van der Waals surface area contributed by atoms with Gasteiger partial charge in [0.15, 0.2) is 0 Å². The summed E-state index contributed by atoms with van der Waals surface area (Å²) in [5.41, 5.74) is 5.98. The van der Waals surface area contributed by atoms with Crippen molar-refractivity contribution < 1.29 is 4.74 Å². The van der Waals surface area contributed by atoms with Gasteiger partial charge in [-0.3, -0.25) is 0 Å². The fourth-order valence-corrected chi connectivity index (χ4v) is 1.74. The Bertz CT molecular complexity index is 138. The van der Waals surface area contributed by atoms with Crippen molar-refractivity contribution in [2.24, 2.45) is 11.7 Å². The molecule has 0 radical (unpaired) electrons. The molecule has 0 heterocycles. The summed E-state index contributed by atoms with van der Waals surface area (Å²) >= 11 is 0. The monoisotopic (exact) mass is 185 g/mol. The van der Waals surface area contributed by atoms with E-state index < -0.39 is 0 Å². The van der Waals surface area contributed by atoms with E-state index in [1.165, 1.54) is 19.3 Å². The first kappa shape index (κ1) is 11.0. The molecule has 3 unspecified atom stereocenters. The highest BCUT2D eigenvalue weighted by atomic mass is 16.5. The van der Waals surface area contributed by atoms with Crippen molar-refractivity contribution in [1.82, 2.24) is 0 Å². The molecule has 0 aliphatic heterocycles. The zero-order valence-electron chi connectivity index (χ0n) is 8.96. The van der Waals surface area contributed by atoms with Crippen molar-refractivity contribution in [2.75, 3.05) is 6.61 Å². The minimum atomic E-state index is 0.290. The predicted octanol–water partition coefficient (Wildman–Crippen LogP) is 2.32. The standard InChI is InChI=1S/C11H23NO/c1-3-9(2)8-13-11-7-5-4-6-10(11)12/h9-11H,3-8,12H2,1-2H3. The molecule has 2 nitrogen and oxygen atoms in total. The van der Waals surface area contributed by atoms with E-state index in [1.807, 2.05) is 0 Å². The van der Waals surface area contributed by atoms with Crippen LogP contribution in [0, 0.1) is 5.92 Å². The SMILES string of the molecule is CCC(C)COC1CCCCC1N. The molecule has 1 aliphatic carbocycles. The van der Waals surface area contributed by atoms with Gasteiger partial charge in [0.2, 0.25) is 0 Å². The Morgan fingerprint density at radius 1 is 1.38 bits per heavy atom. The fourth-order valence-electron chi connectivity index (χ4n) is 1.74. The van der Waals surface area contributed by atoms with Crippen molar-refractivity contribution >= 4 is 0 Å². The zero-order valence-corrected chi connectivity index (χ0v) is 8.96. The molecule has 2 N–H and O–H groups in total. The lowest BCUT2D eigenvalue weighted by Crippen LogP contribution is -2.40. The highest BCUT2D eigenvalue weighted by molar-refractivity contribution is 4.78. The van der Waals surface area contributed by atoms with E-state index in [1.54, 1.807) is 0 Å². The Kier molecular flexibility index (Phi) is 4.74. The molecule has 1 aliphatic rings. The third kappa shape index (κ3) is 3.65. The van der Waals surface area contributed by atoms with Crippen LogP contribution in [0.4, 0.5) is 0 Å². The van der Waals surface area contributed by atoms with Gasteiger partial charge in [0.05, 0.1) is 6.10 Å². The smallest absolute Gasteiger partial charge is 0.0726 e. The second kappa shape index (κ2) is 5.61. The van der Waals surface area contributed by atoms with Crippen LogP contribution in [0.3, 0.4) is 0 Å². The van der Waals surface area contributed by atoms with Crippen LogP contribution >= 0.6 is 0 Å². The number of hydrogen-bond acceptors (Lipinski definition) is 2. The van der Waals surface area contributed by atoms with Crippen molar-refractivity contribution in [3.63, 3.8) is 0 Å². The molecule has 0 amide bonds. The van der Waals surface area contributed by atoms with E-state index in [0.29, 0.717) is 12.0 Å². The third-order valence-electron chi connectivity index (χ3n) is 3.05. The van der Waals surface area contributed by atoms with Crippen LogP contribution in [0.25, 0.3) is 0 Å². The average Bonchev–Trinajstić information content (AvgIpc) is 2.16. The Morgan fingerprint density at radius 2 is 2.08 bits per heavy atom. The molecule has 1 rings (SSSR count). The van der Waals surface area contributed by atoms with E-state index in [-0.39, 0.29) is 6.04 Å². The zero-order chi connectivity index (χ0) is 9.68. The topological polar surface area (TPSA) is 35.2 Å². The molecule has 0 aromatic rings. The normalized spacial score (nSPS) is 31.6. The summed E-state index contributed by atoms with van der Waals surface area (Å²) in [6.45, 7) is 5.32. The lowest BCUT2D eigenvalue weighted by Gasteiger charge is -2.29. The minimum Gasteiger partial charge on any atom is -0.376 e. The van der Waals surface area contributed by atoms with Crippen LogP contribution in [-0.4, -0.2) is 18.8 Å². The maximum atomic E-state index is 5.98. The lowest BCUT2D eigenvalue weighted by atomic mass is 9.93. The van der Waals surface area contributed by atoms with Crippen LogP contribution in [0.1, 0.15) is 46.0 Å². The summed E-state index contributed by atoms with van der Waals surface area (Å²) in [6, 6.07) is 0.290. The molecule has 78 valence electrons. The molecule has 1 saturated carbocycles. The first-order valence-corrected chi connectivity index (χ1v) is 5.61. The number of nitrogens with two attached hydrogens (primary N) is 1. The van der Waals surface area contributed by atoms with Crippen LogP contribution in [0.2, 0.25) is 0 Å². The van der Waals surface area contributed by atoms with Gasteiger partial charge in [-0.1, -0.05) is 33.1 Å². The van der Waals surface area contributed by atoms with E-state index in [9.17, 15) is 0 Å². The van der Waals surface area contributed by atoms with E-state index in [4.69, 9.17) is 10.5 Å². The first-order chi connectivity index (χ1) is 6.24. The molecule has 0 aromatic heterocycles.